The number of aliphatic hydroxyl groups is 1. The maximum Gasteiger partial charge on any atom is 0.253 e. The summed E-state index contributed by atoms with van der Waals surface area (Å²) < 4.78 is 7.77. The number of hydrogen-bond acceptors (Lipinski definition) is 4. The Balaban J connectivity index is 1.07. The van der Waals surface area contributed by atoms with Crippen LogP contribution in [-0.4, -0.2) is 51.5 Å². The highest BCUT2D eigenvalue weighted by Crippen LogP contribution is 2.35. The van der Waals surface area contributed by atoms with Gasteiger partial charge in [-0.1, -0.05) is 30.3 Å². The van der Waals surface area contributed by atoms with Gasteiger partial charge in [0.05, 0.1) is 12.1 Å². The molecule has 1 aliphatic carbocycles. The Bertz CT molecular complexity index is 1060. The first-order chi connectivity index (χ1) is 17.2. The summed E-state index contributed by atoms with van der Waals surface area (Å²) in [6.07, 6.45) is 9.44. The molecule has 3 atom stereocenters. The fourth-order valence-corrected chi connectivity index (χ4v) is 5.61. The summed E-state index contributed by atoms with van der Waals surface area (Å²) in [6.45, 7) is 1.88. The van der Waals surface area contributed by atoms with Crippen LogP contribution in [0.5, 0.6) is 5.75 Å². The number of ether oxygens (including phenoxy) is 1. The highest BCUT2D eigenvalue weighted by molar-refractivity contribution is 5.94. The highest BCUT2D eigenvalue weighted by Gasteiger charge is 2.30. The lowest BCUT2D eigenvalue weighted by Gasteiger charge is -2.32. The van der Waals surface area contributed by atoms with Crippen molar-refractivity contribution in [1.82, 2.24) is 14.7 Å². The summed E-state index contributed by atoms with van der Waals surface area (Å²) in [5.41, 5.74) is 2.03. The second-order valence-corrected chi connectivity index (χ2v) is 10.0. The largest absolute Gasteiger partial charge is 0.491 e. The average Bonchev–Trinajstić information content (AvgIpc) is 3.61. The molecule has 2 aromatic carbocycles. The third kappa shape index (κ3) is 5.93. The monoisotopic (exact) mass is 473 g/mol. The first-order valence-electron chi connectivity index (χ1n) is 12.9. The SMILES string of the molecule is O=C(c1ccc(C[C@@H]2CC[C@H]([C@H](O)COc3ccccc3)C2)cc1)N1CCC(n2cccn2)CC1. The average molecular weight is 474 g/mol. The van der Waals surface area contributed by atoms with Gasteiger partial charge in [-0.15, -0.1) is 0 Å². The minimum atomic E-state index is -0.433. The van der Waals surface area contributed by atoms with Crippen LogP contribution in [-0.2, 0) is 6.42 Å². The van der Waals surface area contributed by atoms with Crippen molar-refractivity contribution in [3.63, 3.8) is 0 Å². The van der Waals surface area contributed by atoms with Crippen molar-refractivity contribution in [1.29, 1.82) is 0 Å². The molecular weight excluding hydrogens is 438 g/mol. The maximum absolute atomic E-state index is 13.0. The number of aromatic nitrogens is 2. The fourth-order valence-electron chi connectivity index (χ4n) is 5.61. The summed E-state index contributed by atoms with van der Waals surface area (Å²) in [5, 5.41) is 15.0. The minimum Gasteiger partial charge on any atom is -0.491 e. The van der Waals surface area contributed by atoms with E-state index in [1.165, 1.54) is 5.56 Å². The molecule has 1 amide bonds. The first kappa shape index (κ1) is 23.6. The van der Waals surface area contributed by atoms with E-state index in [0.29, 0.717) is 18.6 Å². The van der Waals surface area contributed by atoms with Gasteiger partial charge in [-0.05, 0) is 86.3 Å². The summed E-state index contributed by atoms with van der Waals surface area (Å²) in [4.78, 5) is 15.0. The summed E-state index contributed by atoms with van der Waals surface area (Å²) in [5.74, 6) is 1.78. The normalized spacial score (nSPS) is 21.7. The number of benzene rings is 2. The lowest BCUT2D eigenvalue weighted by molar-refractivity contribution is 0.0577. The molecule has 184 valence electrons. The van der Waals surface area contributed by atoms with Crippen LogP contribution in [0.1, 0.15) is 54.1 Å². The summed E-state index contributed by atoms with van der Waals surface area (Å²) in [7, 11) is 0. The lowest BCUT2D eigenvalue weighted by atomic mass is 9.94. The van der Waals surface area contributed by atoms with Gasteiger partial charge in [0, 0.05) is 31.0 Å². The second kappa shape index (κ2) is 11.1. The van der Waals surface area contributed by atoms with Crippen LogP contribution in [0.25, 0.3) is 0 Å². The fraction of sp³-hybridized carbons (Fsp3) is 0.448. The number of likely N-dealkylation sites (tertiary alicyclic amines) is 1. The number of piperidine rings is 1. The summed E-state index contributed by atoms with van der Waals surface area (Å²) in [6, 6.07) is 20.2. The molecule has 6 nitrogen and oxygen atoms in total. The van der Waals surface area contributed by atoms with Crippen molar-refractivity contribution in [2.24, 2.45) is 11.8 Å². The van der Waals surface area contributed by atoms with Crippen molar-refractivity contribution in [2.45, 2.75) is 50.7 Å². The Kier molecular flexibility index (Phi) is 7.48. The number of carbonyl (C=O) groups is 1. The van der Waals surface area contributed by atoms with Gasteiger partial charge in [0.25, 0.3) is 5.91 Å². The Labute approximate surface area is 207 Å². The molecule has 1 N–H and O–H groups in total. The Morgan fingerprint density at radius 3 is 2.49 bits per heavy atom. The zero-order valence-electron chi connectivity index (χ0n) is 20.2. The van der Waals surface area contributed by atoms with Crippen LogP contribution in [0.4, 0.5) is 0 Å². The van der Waals surface area contributed by atoms with E-state index in [9.17, 15) is 9.90 Å². The molecule has 35 heavy (non-hydrogen) atoms. The summed E-state index contributed by atoms with van der Waals surface area (Å²) >= 11 is 0. The van der Waals surface area contributed by atoms with Crippen LogP contribution in [0.15, 0.2) is 73.1 Å². The standard InChI is InChI=1S/C29H35N3O3/c33-28(21-35-27-5-2-1-3-6-27)25-12-9-23(20-25)19-22-7-10-24(11-8-22)29(34)31-17-13-26(14-18-31)32-16-4-15-30-32/h1-8,10-11,15-16,23,25-26,28,33H,9,12-14,17-21H2/t23-,25-,28+/m0/s1. The Morgan fingerprint density at radius 1 is 1.00 bits per heavy atom. The molecule has 3 aromatic rings. The van der Waals surface area contributed by atoms with Crippen molar-refractivity contribution < 1.29 is 14.6 Å². The van der Waals surface area contributed by atoms with Crippen LogP contribution >= 0.6 is 0 Å². The highest BCUT2D eigenvalue weighted by atomic mass is 16.5. The van der Waals surface area contributed by atoms with Gasteiger partial charge >= 0.3 is 0 Å². The zero-order chi connectivity index (χ0) is 24.0. The molecule has 2 heterocycles. The van der Waals surface area contributed by atoms with Crippen LogP contribution in [0, 0.1) is 11.8 Å². The van der Waals surface area contributed by atoms with E-state index in [0.717, 1.165) is 62.9 Å². The van der Waals surface area contributed by atoms with Gasteiger partial charge in [-0.3, -0.25) is 9.48 Å². The van der Waals surface area contributed by atoms with Gasteiger partial charge in [0.2, 0.25) is 0 Å². The lowest BCUT2D eigenvalue weighted by Crippen LogP contribution is -2.39. The number of rotatable bonds is 8. The van der Waals surface area contributed by atoms with Crippen molar-refractivity contribution in [3.8, 4) is 5.75 Å². The predicted octanol–water partition coefficient (Wildman–Crippen LogP) is 4.76. The van der Waals surface area contributed by atoms with E-state index in [4.69, 9.17) is 4.74 Å². The Morgan fingerprint density at radius 2 is 1.77 bits per heavy atom. The molecular formula is C29H35N3O3. The van der Waals surface area contributed by atoms with E-state index in [-0.39, 0.29) is 11.8 Å². The maximum atomic E-state index is 13.0. The van der Waals surface area contributed by atoms with Gasteiger partial charge in [-0.2, -0.15) is 5.10 Å². The van der Waals surface area contributed by atoms with Gasteiger partial charge in [0.15, 0.2) is 0 Å². The van der Waals surface area contributed by atoms with Crippen molar-refractivity contribution in [3.05, 3.63) is 84.2 Å². The Hall–Kier alpha value is -3.12. The molecule has 6 heteroatoms. The third-order valence-electron chi connectivity index (χ3n) is 7.67. The van der Waals surface area contributed by atoms with Gasteiger partial charge < -0.3 is 14.7 Å². The molecule has 5 rings (SSSR count). The molecule has 1 aromatic heterocycles. The van der Waals surface area contributed by atoms with Crippen LogP contribution < -0.4 is 4.74 Å². The van der Waals surface area contributed by atoms with E-state index in [1.807, 2.05) is 70.5 Å². The van der Waals surface area contributed by atoms with Crippen molar-refractivity contribution in [2.75, 3.05) is 19.7 Å². The molecule has 0 radical (unpaired) electrons. The topological polar surface area (TPSA) is 67.6 Å². The molecule has 0 bridgehead atoms. The second-order valence-electron chi connectivity index (χ2n) is 10.0. The van der Waals surface area contributed by atoms with E-state index in [1.54, 1.807) is 0 Å². The van der Waals surface area contributed by atoms with E-state index in [2.05, 4.69) is 17.2 Å². The molecule has 0 unspecified atom stereocenters. The van der Waals surface area contributed by atoms with E-state index >= 15 is 0 Å². The minimum absolute atomic E-state index is 0.123. The smallest absolute Gasteiger partial charge is 0.253 e. The molecule has 2 aliphatic rings. The van der Waals surface area contributed by atoms with Gasteiger partial charge in [0.1, 0.15) is 12.4 Å². The number of hydrogen-bond donors (Lipinski definition) is 1. The number of carbonyl (C=O) groups excluding carboxylic acids is 1. The number of para-hydroxylation sites is 1. The molecule has 1 aliphatic heterocycles. The molecule has 2 fully saturated rings. The molecule has 1 saturated carbocycles. The molecule has 0 spiro atoms. The predicted molar refractivity (Wildman–Crippen MR) is 135 cm³/mol. The quantitative estimate of drug-likeness (QED) is 0.512. The van der Waals surface area contributed by atoms with Crippen LogP contribution in [0.3, 0.4) is 0 Å². The zero-order valence-corrected chi connectivity index (χ0v) is 20.2. The van der Waals surface area contributed by atoms with Crippen LogP contribution in [0.2, 0.25) is 0 Å². The third-order valence-corrected chi connectivity index (χ3v) is 7.67. The van der Waals surface area contributed by atoms with Crippen molar-refractivity contribution >= 4 is 5.91 Å². The number of nitrogens with zero attached hydrogens (tertiary/aromatic N) is 3. The van der Waals surface area contributed by atoms with Gasteiger partial charge in [-0.25, -0.2) is 0 Å². The number of amides is 1. The first-order valence-corrected chi connectivity index (χ1v) is 12.9. The van der Waals surface area contributed by atoms with E-state index < -0.39 is 6.10 Å². The number of aliphatic hydroxyl groups excluding tert-OH is 1. The molecule has 1 saturated heterocycles.